The van der Waals surface area contributed by atoms with Crippen LogP contribution in [-0.2, 0) is 4.79 Å². The predicted octanol–water partition coefficient (Wildman–Crippen LogP) is 2.14. The van der Waals surface area contributed by atoms with Crippen LogP contribution in [0.25, 0.3) is 0 Å². The molecule has 0 rings (SSSR count). The van der Waals surface area contributed by atoms with Crippen molar-refractivity contribution in [3.63, 3.8) is 0 Å². The summed E-state index contributed by atoms with van der Waals surface area (Å²) in [5, 5.41) is 0. The van der Waals surface area contributed by atoms with Crippen molar-refractivity contribution in [2.45, 2.75) is 26.7 Å². The Morgan fingerprint density at radius 2 is 2.11 bits per heavy atom. The fraction of sp³-hybridized carbons (Fsp3) is 0.500. The lowest BCUT2D eigenvalue weighted by atomic mass is 10.2. The van der Waals surface area contributed by atoms with E-state index in [0.717, 1.165) is 12.0 Å². The van der Waals surface area contributed by atoms with Gasteiger partial charge in [-0.05, 0) is 27.2 Å². The molecule has 0 aliphatic rings. The van der Waals surface area contributed by atoms with Crippen LogP contribution in [0.15, 0.2) is 11.6 Å². The number of rotatable bonds is 3. The summed E-state index contributed by atoms with van der Waals surface area (Å²) in [6.07, 6.45) is 3.46. The fourth-order valence-corrected chi connectivity index (χ4v) is 0.522. The minimum atomic E-state index is 0.243. The molecule has 0 aliphatic carbocycles. The molecule has 1 radical (unpaired) electrons. The maximum Gasteiger partial charge on any atom is 0.130 e. The van der Waals surface area contributed by atoms with Crippen molar-refractivity contribution in [3.8, 4) is 0 Å². The Morgan fingerprint density at radius 1 is 1.56 bits per heavy atom. The monoisotopic (exact) mass is 125 g/mol. The van der Waals surface area contributed by atoms with Crippen LogP contribution in [0.1, 0.15) is 26.7 Å². The van der Waals surface area contributed by atoms with E-state index in [4.69, 9.17) is 0 Å². The maximum atomic E-state index is 10.4. The van der Waals surface area contributed by atoms with E-state index in [-0.39, 0.29) is 5.78 Å². The molecule has 1 nitrogen and oxygen atoms in total. The molecule has 1 heteroatoms. The molecule has 0 spiro atoms. The lowest BCUT2D eigenvalue weighted by Gasteiger charge is -1.89. The largest absolute Gasteiger partial charge is 0.300 e. The summed E-state index contributed by atoms with van der Waals surface area (Å²) in [6.45, 7) is 7.22. The van der Waals surface area contributed by atoms with Gasteiger partial charge in [-0.1, -0.05) is 11.6 Å². The first-order chi connectivity index (χ1) is 4.13. The predicted molar refractivity (Wildman–Crippen MR) is 39.0 cm³/mol. The van der Waals surface area contributed by atoms with Gasteiger partial charge in [-0.15, -0.1) is 0 Å². The van der Waals surface area contributed by atoms with Crippen LogP contribution in [-0.4, -0.2) is 5.78 Å². The highest BCUT2D eigenvalue weighted by Gasteiger charge is 1.88. The highest BCUT2D eigenvalue weighted by atomic mass is 16.1. The van der Waals surface area contributed by atoms with Gasteiger partial charge in [0, 0.05) is 6.42 Å². The molecule has 51 valence electrons. The topological polar surface area (TPSA) is 17.1 Å². The first-order valence-electron chi connectivity index (χ1n) is 3.11. The number of Topliss-reactive ketones (excluding diaryl/α,β-unsaturated/α-hetero) is 1. The van der Waals surface area contributed by atoms with Crippen molar-refractivity contribution >= 4 is 5.78 Å². The van der Waals surface area contributed by atoms with Crippen molar-refractivity contribution in [1.82, 2.24) is 0 Å². The summed E-state index contributed by atoms with van der Waals surface area (Å²) in [5.74, 6) is 0.243. The molecule has 0 N–H and O–H groups in total. The van der Waals surface area contributed by atoms with Gasteiger partial charge in [-0.3, -0.25) is 0 Å². The maximum absolute atomic E-state index is 10.4. The van der Waals surface area contributed by atoms with E-state index < -0.39 is 0 Å². The standard InChI is InChI=1S/C8H13O/c1-7(2)5-4-6-8(3)9/h5H,1,4,6H2,2-3H3/b7-5-. The quantitative estimate of drug-likeness (QED) is 0.564. The molecule has 0 aromatic carbocycles. The molecule has 0 aromatic heterocycles. The van der Waals surface area contributed by atoms with Gasteiger partial charge in [0.25, 0.3) is 0 Å². The second-order valence-electron chi connectivity index (χ2n) is 2.29. The third-order valence-corrected chi connectivity index (χ3v) is 0.989. The summed E-state index contributed by atoms with van der Waals surface area (Å²) in [7, 11) is 0. The van der Waals surface area contributed by atoms with E-state index >= 15 is 0 Å². The number of ketones is 1. The van der Waals surface area contributed by atoms with Crippen molar-refractivity contribution in [2.24, 2.45) is 0 Å². The molecule has 0 atom stereocenters. The Labute approximate surface area is 56.8 Å². The molecule has 0 aliphatic heterocycles. The molecule has 0 unspecified atom stereocenters. The zero-order valence-electron chi connectivity index (χ0n) is 6.11. The zero-order chi connectivity index (χ0) is 7.28. The third kappa shape index (κ3) is 7.41. The van der Waals surface area contributed by atoms with Crippen molar-refractivity contribution in [1.29, 1.82) is 0 Å². The van der Waals surface area contributed by atoms with Gasteiger partial charge in [0.2, 0.25) is 0 Å². The smallest absolute Gasteiger partial charge is 0.130 e. The lowest BCUT2D eigenvalue weighted by Crippen LogP contribution is -1.86. The Hall–Kier alpha value is -0.590. The van der Waals surface area contributed by atoms with Crippen molar-refractivity contribution in [3.05, 3.63) is 18.6 Å². The van der Waals surface area contributed by atoms with Gasteiger partial charge in [0.1, 0.15) is 5.78 Å². The summed E-state index contributed by atoms with van der Waals surface area (Å²) in [4.78, 5) is 10.4. The van der Waals surface area contributed by atoms with Crippen molar-refractivity contribution < 1.29 is 4.79 Å². The fourth-order valence-electron chi connectivity index (χ4n) is 0.522. The lowest BCUT2D eigenvalue weighted by molar-refractivity contribution is -0.116. The van der Waals surface area contributed by atoms with E-state index in [1.165, 1.54) is 0 Å². The first kappa shape index (κ1) is 8.41. The normalized spacial score (nSPS) is 11.7. The van der Waals surface area contributed by atoms with Crippen LogP contribution < -0.4 is 0 Å². The number of hydrogen-bond acceptors (Lipinski definition) is 1. The van der Waals surface area contributed by atoms with Gasteiger partial charge >= 0.3 is 0 Å². The number of allylic oxidation sites excluding steroid dienone is 2. The number of hydrogen-bond donors (Lipinski definition) is 0. The van der Waals surface area contributed by atoms with Crippen LogP contribution in [0.2, 0.25) is 0 Å². The summed E-state index contributed by atoms with van der Waals surface area (Å²) < 4.78 is 0. The Balaban J connectivity index is 3.31. The molecule has 0 fully saturated rings. The molecule has 0 saturated carbocycles. The highest BCUT2D eigenvalue weighted by molar-refractivity contribution is 5.75. The average molecular weight is 125 g/mol. The summed E-state index contributed by atoms with van der Waals surface area (Å²) >= 11 is 0. The summed E-state index contributed by atoms with van der Waals surface area (Å²) in [6, 6.07) is 0. The first-order valence-corrected chi connectivity index (χ1v) is 3.11. The van der Waals surface area contributed by atoms with Crippen LogP contribution in [0.4, 0.5) is 0 Å². The van der Waals surface area contributed by atoms with Crippen LogP contribution in [0, 0.1) is 6.92 Å². The van der Waals surface area contributed by atoms with E-state index in [9.17, 15) is 4.79 Å². The van der Waals surface area contributed by atoms with Gasteiger partial charge in [-0.25, -0.2) is 0 Å². The Bertz CT molecular complexity index is 119. The number of carbonyl (C=O) groups excluding carboxylic acids is 1. The molecular weight excluding hydrogens is 112 g/mol. The second kappa shape index (κ2) is 4.30. The average Bonchev–Trinajstić information content (AvgIpc) is 1.63. The second-order valence-corrected chi connectivity index (χ2v) is 2.29. The molecule has 0 bridgehead atoms. The molecular formula is C8H13O. The SMILES string of the molecule is [CH2]/C(C)=C/CCC(C)=O. The summed E-state index contributed by atoms with van der Waals surface area (Å²) in [5.41, 5.74) is 1.04. The highest BCUT2D eigenvalue weighted by Crippen LogP contribution is 1.96. The minimum absolute atomic E-state index is 0.243. The molecule has 0 aromatic rings. The van der Waals surface area contributed by atoms with Gasteiger partial charge in [0.05, 0.1) is 0 Å². The molecule has 0 amide bonds. The van der Waals surface area contributed by atoms with E-state index in [1.807, 2.05) is 13.0 Å². The Morgan fingerprint density at radius 3 is 2.44 bits per heavy atom. The number of carbonyl (C=O) groups is 1. The zero-order valence-corrected chi connectivity index (χ0v) is 6.11. The van der Waals surface area contributed by atoms with Crippen LogP contribution >= 0.6 is 0 Å². The van der Waals surface area contributed by atoms with E-state index in [2.05, 4.69) is 6.92 Å². The van der Waals surface area contributed by atoms with Crippen molar-refractivity contribution in [2.75, 3.05) is 0 Å². The van der Waals surface area contributed by atoms with Crippen LogP contribution in [0.3, 0.4) is 0 Å². The molecule has 9 heavy (non-hydrogen) atoms. The van der Waals surface area contributed by atoms with Gasteiger partial charge < -0.3 is 4.79 Å². The minimum Gasteiger partial charge on any atom is -0.300 e. The molecule has 0 saturated heterocycles. The van der Waals surface area contributed by atoms with E-state index in [0.29, 0.717) is 6.42 Å². The Kier molecular flexibility index (Phi) is 4.02. The van der Waals surface area contributed by atoms with Crippen LogP contribution in [0.5, 0.6) is 0 Å². The van der Waals surface area contributed by atoms with Gasteiger partial charge in [-0.2, -0.15) is 0 Å². The molecule has 0 heterocycles. The third-order valence-electron chi connectivity index (χ3n) is 0.989. The van der Waals surface area contributed by atoms with E-state index in [1.54, 1.807) is 6.92 Å². The van der Waals surface area contributed by atoms with Gasteiger partial charge in [0.15, 0.2) is 0 Å².